The van der Waals surface area contributed by atoms with Gasteiger partial charge in [0.05, 0.1) is 11.1 Å². The molecule has 1 aliphatic rings. The summed E-state index contributed by atoms with van der Waals surface area (Å²) in [6, 6.07) is 13.6. The Morgan fingerprint density at radius 3 is 2.15 bits per heavy atom. The van der Waals surface area contributed by atoms with Crippen molar-refractivity contribution in [1.29, 1.82) is 0 Å². The minimum atomic E-state index is -0.650. The van der Waals surface area contributed by atoms with Crippen molar-refractivity contribution in [2.75, 3.05) is 10.6 Å². The molecule has 0 unspecified atom stereocenters. The maximum Gasteiger partial charge on any atom is 0.262 e. The van der Waals surface area contributed by atoms with Crippen LogP contribution in [-0.2, 0) is 0 Å². The summed E-state index contributed by atoms with van der Waals surface area (Å²) >= 11 is 0. The molecule has 0 aliphatic carbocycles. The number of carbonyl (C=O) groups is 3. The Labute approximate surface area is 192 Å². The summed E-state index contributed by atoms with van der Waals surface area (Å²) in [4.78, 5) is 48.3. The molecule has 4 rings (SSSR count). The van der Waals surface area contributed by atoms with Crippen molar-refractivity contribution >= 4 is 35.0 Å². The maximum atomic E-state index is 12.9. The van der Waals surface area contributed by atoms with Gasteiger partial charge in [-0.25, -0.2) is 9.97 Å². The van der Waals surface area contributed by atoms with E-state index in [4.69, 9.17) is 0 Å². The van der Waals surface area contributed by atoms with Crippen LogP contribution in [0.15, 0.2) is 48.5 Å². The van der Waals surface area contributed by atoms with Gasteiger partial charge in [-0.05, 0) is 77.1 Å². The SMILES string of the molecule is Cc1cc(C)nc(Nc2cccc(NC(=O)c3ccc4c(c3)C(=O)N(C(C)(C)C)C4=O)c2)n1. The smallest absolute Gasteiger partial charge is 0.262 e. The highest BCUT2D eigenvalue weighted by Crippen LogP contribution is 2.30. The van der Waals surface area contributed by atoms with Crippen molar-refractivity contribution in [3.63, 3.8) is 0 Å². The number of nitrogens with one attached hydrogen (secondary N) is 2. The summed E-state index contributed by atoms with van der Waals surface area (Å²) in [5, 5.41) is 5.98. The number of rotatable bonds is 4. The molecule has 0 radical (unpaired) electrons. The van der Waals surface area contributed by atoms with E-state index in [0.29, 0.717) is 28.5 Å². The lowest BCUT2D eigenvalue weighted by Crippen LogP contribution is -2.45. The van der Waals surface area contributed by atoms with Crippen LogP contribution in [0.2, 0.25) is 0 Å². The highest BCUT2D eigenvalue weighted by Gasteiger charge is 2.42. The van der Waals surface area contributed by atoms with Crippen LogP contribution in [0.1, 0.15) is 63.2 Å². The first kappa shape index (κ1) is 22.1. The number of carbonyl (C=O) groups excluding carboxylic acids is 3. The van der Waals surface area contributed by atoms with E-state index in [9.17, 15) is 14.4 Å². The maximum absolute atomic E-state index is 12.9. The molecule has 33 heavy (non-hydrogen) atoms. The molecule has 2 heterocycles. The lowest BCUT2D eigenvalue weighted by molar-refractivity contribution is 0.0507. The number of imide groups is 1. The van der Waals surface area contributed by atoms with Crippen LogP contribution < -0.4 is 10.6 Å². The van der Waals surface area contributed by atoms with Crippen molar-refractivity contribution in [1.82, 2.24) is 14.9 Å². The second kappa shape index (κ2) is 8.12. The largest absolute Gasteiger partial charge is 0.324 e. The number of nitrogens with zero attached hydrogens (tertiary/aromatic N) is 3. The van der Waals surface area contributed by atoms with Crippen molar-refractivity contribution in [3.8, 4) is 0 Å². The van der Waals surface area contributed by atoms with Gasteiger partial charge in [-0.1, -0.05) is 6.07 Å². The van der Waals surface area contributed by atoms with Gasteiger partial charge < -0.3 is 10.6 Å². The van der Waals surface area contributed by atoms with Crippen molar-refractivity contribution in [3.05, 3.63) is 76.6 Å². The van der Waals surface area contributed by atoms with E-state index >= 15 is 0 Å². The van der Waals surface area contributed by atoms with Crippen LogP contribution in [0.5, 0.6) is 0 Å². The van der Waals surface area contributed by atoms with Crippen LogP contribution in [0, 0.1) is 13.8 Å². The summed E-state index contributed by atoms with van der Waals surface area (Å²) < 4.78 is 0. The highest BCUT2D eigenvalue weighted by molar-refractivity contribution is 6.22. The van der Waals surface area contributed by atoms with Crippen molar-refractivity contribution < 1.29 is 14.4 Å². The number of aromatic nitrogens is 2. The molecule has 0 saturated carbocycles. The molecule has 3 aromatic rings. The number of aryl methyl sites for hydroxylation is 2. The van der Waals surface area contributed by atoms with Gasteiger partial charge in [0.1, 0.15) is 0 Å². The molecule has 3 amide bonds. The zero-order chi connectivity index (χ0) is 23.9. The Morgan fingerprint density at radius 2 is 1.48 bits per heavy atom. The minimum Gasteiger partial charge on any atom is -0.324 e. The number of hydrogen-bond acceptors (Lipinski definition) is 6. The van der Waals surface area contributed by atoms with Gasteiger partial charge in [0.2, 0.25) is 5.95 Å². The molecule has 8 heteroatoms. The number of anilines is 3. The number of fused-ring (bicyclic) bond motifs is 1. The van der Waals surface area contributed by atoms with E-state index in [1.165, 1.54) is 17.0 Å². The monoisotopic (exact) mass is 443 g/mol. The third-order valence-electron chi connectivity index (χ3n) is 5.18. The third kappa shape index (κ3) is 4.45. The molecule has 0 spiro atoms. The third-order valence-corrected chi connectivity index (χ3v) is 5.18. The molecular formula is C25H25N5O3. The highest BCUT2D eigenvalue weighted by atomic mass is 16.2. The first-order valence-electron chi connectivity index (χ1n) is 10.6. The molecule has 0 atom stereocenters. The van der Waals surface area contributed by atoms with E-state index < -0.39 is 11.4 Å². The Balaban J connectivity index is 1.53. The zero-order valence-corrected chi connectivity index (χ0v) is 19.2. The van der Waals surface area contributed by atoms with Crippen molar-refractivity contribution in [2.45, 2.75) is 40.2 Å². The van der Waals surface area contributed by atoms with Crippen LogP contribution in [0.3, 0.4) is 0 Å². The zero-order valence-electron chi connectivity index (χ0n) is 19.2. The molecule has 2 N–H and O–H groups in total. The van der Waals surface area contributed by atoms with E-state index in [0.717, 1.165) is 11.4 Å². The Hall–Kier alpha value is -4.07. The average molecular weight is 444 g/mol. The van der Waals surface area contributed by atoms with E-state index in [1.54, 1.807) is 45.0 Å². The second-order valence-corrected chi connectivity index (χ2v) is 9.01. The van der Waals surface area contributed by atoms with Gasteiger partial charge in [0.25, 0.3) is 17.7 Å². The standard InChI is InChI=1S/C25H25N5O3/c1-14-11-15(2)27-24(26-14)29-18-8-6-7-17(13-18)28-21(31)16-9-10-19-20(12-16)23(33)30(22(19)32)25(3,4)5/h6-13H,1-5H3,(H,28,31)(H,26,27,29). The minimum absolute atomic E-state index is 0.241. The molecular weight excluding hydrogens is 418 g/mol. The number of hydrogen-bond donors (Lipinski definition) is 2. The summed E-state index contributed by atoms with van der Waals surface area (Å²) in [7, 11) is 0. The molecule has 8 nitrogen and oxygen atoms in total. The number of benzene rings is 2. The quantitative estimate of drug-likeness (QED) is 0.576. The average Bonchev–Trinajstić information content (AvgIpc) is 2.97. The van der Waals surface area contributed by atoms with Gasteiger partial charge in [-0.15, -0.1) is 0 Å². The van der Waals surface area contributed by atoms with Gasteiger partial charge >= 0.3 is 0 Å². The van der Waals surface area contributed by atoms with Crippen LogP contribution in [0.25, 0.3) is 0 Å². The van der Waals surface area contributed by atoms with Crippen LogP contribution in [-0.4, -0.2) is 38.1 Å². The topological polar surface area (TPSA) is 104 Å². The molecule has 1 aromatic heterocycles. The number of amides is 3. The Morgan fingerprint density at radius 1 is 0.848 bits per heavy atom. The molecule has 0 saturated heterocycles. The summed E-state index contributed by atoms with van der Waals surface area (Å²) in [5.41, 5.74) is 3.18. The van der Waals surface area contributed by atoms with Crippen molar-refractivity contribution in [2.24, 2.45) is 0 Å². The van der Waals surface area contributed by atoms with Gasteiger partial charge in [0.15, 0.2) is 0 Å². The fourth-order valence-corrected chi connectivity index (χ4v) is 3.78. The normalized spacial score (nSPS) is 13.2. The lowest BCUT2D eigenvalue weighted by Gasteiger charge is -2.29. The summed E-state index contributed by atoms with van der Waals surface area (Å²) in [6.45, 7) is 9.18. The summed E-state index contributed by atoms with van der Waals surface area (Å²) in [5.74, 6) is -0.646. The van der Waals surface area contributed by atoms with E-state index in [2.05, 4.69) is 20.6 Å². The molecule has 0 bridgehead atoms. The van der Waals surface area contributed by atoms with E-state index in [-0.39, 0.29) is 17.4 Å². The second-order valence-electron chi connectivity index (χ2n) is 9.01. The van der Waals surface area contributed by atoms with Gasteiger partial charge in [-0.3, -0.25) is 19.3 Å². The lowest BCUT2D eigenvalue weighted by atomic mass is 10.1. The first-order chi connectivity index (χ1) is 15.5. The summed E-state index contributed by atoms with van der Waals surface area (Å²) in [6.07, 6.45) is 0. The van der Waals surface area contributed by atoms with Crippen LogP contribution in [0.4, 0.5) is 17.3 Å². The fourth-order valence-electron chi connectivity index (χ4n) is 3.78. The van der Waals surface area contributed by atoms with E-state index in [1.807, 2.05) is 26.0 Å². The van der Waals surface area contributed by atoms with Gasteiger partial charge in [-0.2, -0.15) is 0 Å². The molecule has 1 aliphatic heterocycles. The Kier molecular flexibility index (Phi) is 5.45. The Bertz CT molecular complexity index is 1270. The van der Waals surface area contributed by atoms with Crippen LogP contribution >= 0.6 is 0 Å². The first-order valence-corrected chi connectivity index (χ1v) is 10.6. The molecule has 0 fully saturated rings. The molecule has 2 aromatic carbocycles. The predicted octanol–water partition coefficient (Wildman–Crippen LogP) is 4.48. The molecule has 168 valence electrons. The van der Waals surface area contributed by atoms with Gasteiger partial charge in [0, 0.05) is 33.9 Å². The predicted molar refractivity (Wildman–Crippen MR) is 126 cm³/mol. The fraction of sp³-hybridized carbons (Fsp3) is 0.240.